The molecule has 1 N–H and O–H groups in total. The van der Waals surface area contributed by atoms with Crippen molar-refractivity contribution in [2.45, 2.75) is 24.7 Å². The van der Waals surface area contributed by atoms with E-state index < -0.39 is 10.0 Å². The molecule has 1 saturated heterocycles. The molecule has 1 fully saturated rings. The van der Waals surface area contributed by atoms with Gasteiger partial charge in [-0.05, 0) is 65.5 Å². The van der Waals surface area contributed by atoms with Gasteiger partial charge >= 0.3 is 0 Å². The van der Waals surface area contributed by atoms with Crippen LogP contribution in [0.1, 0.15) is 18.4 Å². The van der Waals surface area contributed by atoms with Crippen LogP contribution < -0.4 is 5.32 Å². The molecule has 0 saturated carbocycles. The van der Waals surface area contributed by atoms with Crippen LogP contribution in [-0.4, -0.2) is 31.7 Å². The number of hydrogen-bond donors (Lipinski definition) is 1. The number of benzene rings is 2. The van der Waals surface area contributed by atoms with Gasteiger partial charge in [-0.2, -0.15) is 4.31 Å². The maximum absolute atomic E-state index is 12.8. The van der Waals surface area contributed by atoms with Crippen molar-refractivity contribution in [1.29, 1.82) is 0 Å². The molecule has 1 atom stereocenters. The van der Waals surface area contributed by atoms with Crippen molar-refractivity contribution in [3.63, 3.8) is 0 Å². The average Bonchev–Trinajstić information content (AvgIpc) is 2.65. The Bertz CT molecular complexity index is 900. The first-order chi connectivity index (χ1) is 12.4. The second-order valence-corrected chi connectivity index (χ2v) is 9.28. The number of aryl methyl sites for hydroxylation is 1. The van der Waals surface area contributed by atoms with E-state index >= 15 is 0 Å². The van der Waals surface area contributed by atoms with Crippen molar-refractivity contribution >= 4 is 37.5 Å². The molecule has 2 aromatic rings. The van der Waals surface area contributed by atoms with Crippen LogP contribution >= 0.6 is 15.9 Å². The fourth-order valence-electron chi connectivity index (χ4n) is 3.07. The van der Waals surface area contributed by atoms with Gasteiger partial charge in [0.2, 0.25) is 15.9 Å². The number of rotatable bonds is 4. The van der Waals surface area contributed by atoms with E-state index in [-0.39, 0.29) is 23.3 Å². The Hall–Kier alpha value is -1.70. The van der Waals surface area contributed by atoms with Crippen LogP contribution in [0.15, 0.2) is 57.9 Å². The predicted molar refractivity (Wildman–Crippen MR) is 105 cm³/mol. The van der Waals surface area contributed by atoms with Crippen LogP contribution in [0, 0.1) is 12.8 Å². The molecular formula is C19H21BrN2O3S. The summed E-state index contributed by atoms with van der Waals surface area (Å²) in [5.41, 5.74) is 1.79. The van der Waals surface area contributed by atoms with Gasteiger partial charge in [-0.3, -0.25) is 4.79 Å². The van der Waals surface area contributed by atoms with E-state index in [1.54, 1.807) is 30.3 Å². The monoisotopic (exact) mass is 436 g/mol. The number of sulfonamides is 1. The van der Waals surface area contributed by atoms with E-state index in [9.17, 15) is 13.2 Å². The van der Waals surface area contributed by atoms with Gasteiger partial charge in [-0.15, -0.1) is 0 Å². The van der Waals surface area contributed by atoms with E-state index in [0.29, 0.717) is 25.1 Å². The van der Waals surface area contributed by atoms with Gasteiger partial charge in [0, 0.05) is 17.6 Å². The Kier molecular flexibility index (Phi) is 5.79. The Labute approximate surface area is 162 Å². The summed E-state index contributed by atoms with van der Waals surface area (Å²) in [6.45, 7) is 2.62. The van der Waals surface area contributed by atoms with Crippen molar-refractivity contribution < 1.29 is 13.2 Å². The highest BCUT2D eigenvalue weighted by Crippen LogP contribution is 2.27. The normalized spacial score (nSPS) is 18.5. The maximum atomic E-state index is 12.8. The molecular weight excluding hydrogens is 416 g/mol. The van der Waals surface area contributed by atoms with Crippen molar-refractivity contribution in [3.8, 4) is 0 Å². The number of carbonyl (C=O) groups excluding carboxylic acids is 1. The second-order valence-electron chi connectivity index (χ2n) is 6.49. The van der Waals surface area contributed by atoms with Crippen LogP contribution in [0.5, 0.6) is 0 Å². The summed E-state index contributed by atoms with van der Waals surface area (Å²) in [5, 5.41) is 2.91. The molecule has 0 spiro atoms. The van der Waals surface area contributed by atoms with Crippen LogP contribution in [0.2, 0.25) is 0 Å². The summed E-state index contributed by atoms with van der Waals surface area (Å²) in [6.07, 6.45) is 1.34. The number of nitrogens with one attached hydrogen (secondary N) is 1. The molecule has 26 heavy (non-hydrogen) atoms. The molecule has 0 bridgehead atoms. The third-order valence-corrected chi connectivity index (χ3v) is 7.05. The number of halogens is 1. The standard InChI is InChI=1S/C19H21BrN2O3S/c1-14-9-10-18(17(20)12-14)21-19(23)15-6-5-11-22(13-15)26(24,25)16-7-3-2-4-8-16/h2-4,7-10,12,15H,5-6,11,13H2,1H3,(H,21,23)/t15-/m0/s1. The summed E-state index contributed by atoms with van der Waals surface area (Å²) in [7, 11) is -3.57. The molecule has 3 rings (SSSR count). The molecule has 1 amide bonds. The fraction of sp³-hybridized carbons (Fsp3) is 0.316. The van der Waals surface area contributed by atoms with Gasteiger partial charge in [0.05, 0.1) is 16.5 Å². The van der Waals surface area contributed by atoms with E-state index in [2.05, 4.69) is 21.2 Å². The Morgan fingerprint density at radius 1 is 1.19 bits per heavy atom. The molecule has 1 heterocycles. The SMILES string of the molecule is Cc1ccc(NC(=O)[C@H]2CCCN(S(=O)(=O)c3ccccc3)C2)c(Br)c1. The highest BCUT2D eigenvalue weighted by Gasteiger charge is 2.33. The molecule has 1 aliphatic rings. The summed E-state index contributed by atoms with van der Waals surface area (Å²) in [4.78, 5) is 12.9. The zero-order chi connectivity index (χ0) is 18.7. The second kappa shape index (κ2) is 7.90. The van der Waals surface area contributed by atoms with Crippen LogP contribution in [0.25, 0.3) is 0 Å². The first kappa shape index (κ1) is 19.1. The summed E-state index contributed by atoms with van der Waals surface area (Å²) in [5.74, 6) is -0.516. The lowest BCUT2D eigenvalue weighted by Crippen LogP contribution is -2.43. The fourth-order valence-corrected chi connectivity index (χ4v) is 5.21. The van der Waals surface area contributed by atoms with E-state index in [1.807, 2.05) is 25.1 Å². The topological polar surface area (TPSA) is 66.5 Å². The Balaban J connectivity index is 1.73. The van der Waals surface area contributed by atoms with Crippen molar-refractivity contribution in [2.75, 3.05) is 18.4 Å². The van der Waals surface area contributed by atoms with Gasteiger partial charge in [0.1, 0.15) is 0 Å². The minimum absolute atomic E-state index is 0.150. The summed E-state index contributed by atoms with van der Waals surface area (Å²) in [6, 6.07) is 14.1. The molecule has 0 aliphatic carbocycles. The minimum atomic E-state index is -3.57. The predicted octanol–water partition coefficient (Wildman–Crippen LogP) is 3.80. The zero-order valence-corrected chi connectivity index (χ0v) is 16.9. The molecule has 1 aliphatic heterocycles. The van der Waals surface area contributed by atoms with Gasteiger partial charge in [0.15, 0.2) is 0 Å². The van der Waals surface area contributed by atoms with Gasteiger partial charge < -0.3 is 5.32 Å². The van der Waals surface area contributed by atoms with E-state index in [1.165, 1.54) is 4.31 Å². The van der Waals surface area contributed by atoms with Crippen molar-refractivity contribution in [3.05, 3.63) is 58.6 Å². The van der Waals surface area contributed by atoms with Gasteiger partial charge in [0.25, 0.3) is 0 Å². The molecule has 2 aromatic carbocycles. The third kappa shape index (κ3) is 4.16. The van der Waals surface area contributed by atoms with Gasteiger partial charge in [-0.1, -0.05) is 24.3 Å². The number of amides is 1. The molecule has 0 radical (unpaired) electrons. The Morgan fingerprint density at radius 3 is 2.62 bits per heavy atom. The molecule has 7 heteroatoms. The summed E-state index contributed by atoms with van der Waals surface area (Å²) < 4.78 is 27.8. The smallest absolute Gasteiger partial charge is 0.243 e. The summed E-state index contributed by atoms with van der Waals surface area (Å²) >= 11 is 3.45. The van der Waals surface area contributed by atoms with Crippen LogP contribution in [0.4, 0.5) is 5.69 Å². The lowest BCUT2D eigenvalue weighted by molar-refractivity contribution is -0.120. The van der Waals surface area contributed by atoms with Crippen molar-refractivity contribution in [1.82, 2.24) is 4.31 Å². The van der Waals surface area contributed by atoms with E-state index in [4.69, 9.17) is 0 Å². The number of hydrogen-bond acceptors (Lipinski definition) is 3. The highest BCUT2D eigenvalue weighted by atomic mass is 79.9. The number of anilines is 1. The maximum Gasteiger partial charge on any atom is 0.243 e. The first-order valence-electron chi connectivity index (χ1n) is 8.50. The third-order valence-electron chi connectivity index (χ3n) is 4.52. The number of piperidine rings is 1. The minimum Gasteiger partial charge on any atom is -0.325 e. The molecule has 138 valence electrons. The largest absolute Gasteiger partial charge is 0.325 e. The number of carbonyl (C=O) groups is 1. The quantitative estimate of drug-likeness (QED) is 0.792. The lowest BCUT2D eigenvalue weighted by atomic mass is 9.98. The van der Waals surface area contributed by atoms with E-state index in [0.717, 1.165) is 10.0 Å². The van der Waals surface area contributed by atoms with Crippen LogP contribution in [-0.2, 0) is 14.8 Å². The molecule has 0 unspecified atom stereocenters. The highest BCUT2D eigenvalue weighted by molar-refractivity contribution is 9.10. The number of nitrogens with zero attached hydrogens (tertiary/aromatic N) is 1. The first-order valence-corrected chi connectivity index (χ1v) is 10.7. The van der Waals surface area contributed by atoms with Crippen molar-refractivity contribution in [2.24, 2.45) is 5.92 Å². The lowest BCUT2D eigenvalue weighted by Gasteiger charge is -2.31. The Morgan fingerprint density at radius 2 is 1.92 bits per heavy atom. The average molecular weight is 437 g/mol. The van der Waals surface area contributed by atoms with Crippen LogP contribution in [0.3, 0.4) is 0 Å². The molecule has 0 aromatic heterocycles. The molecule has 5 nitrogen and oxygen atoms in total. The van der Waals surface area contributed by atoms with Gasteiger partial charge in [-0.25, -0.2) is 8.42 Å². The zero-order valence-electron chi connectivity index (χ0n) is 14.5.